The van der Waals surface area contributed by atoms with Gasteiger partial charge in [0, 0.05) is 49.1 Å². The molecule has 2 aromatic heterocycles. The second-order valence-corrected chi connectivity index (χ2v) is 7.40. The molecule has 138 valence electrons. The van der Waals surface area contributed by atoms with Crippen molar-refractivity contribution in [3.05, 3.63) is 59.7 Å². The molecule has 1 aromatic carbocycles. The Morgan fingerprint density at radius 3 is 2.56 bits per heavy atom. The molecule has 0 saturated carbocycles. The number of benzene rings is 1. The number of nitrogens with zero attached hydrogens (tertiary/aromatic N) is 4. The summed E-state index contributed by atoms with van der Waals surface area (Å²) in [5, 5.41) is 5.42. The summed E-state index contributed by atoms with van der Waals surface area (Å²) >= 11 is 1.42. The number of thiazole rings is 1. The Labute approximate surface area is 162 Å². The Bertz CT molecular complexity index is 902. The van der Waals surface area contributed by atoms with Gasteiger partial charge in [-0.15, -0.1) is 11.3 Å². The standard InChI is InChI=1S/C20H21N5OS/c1-24-10-12-25(13-11-24)16-7-5-15(6-8-16)22-19(26)18-14-27-20(23-18)17-4-2-3-9-21-17/h2-9,14H,10-13H2,1H3,(H,22,26). The summed E-state index contributed by atoms with van der Waals surface area (Å²) < 4.78 is 0. The summed E-state index contributed by atoms with van der Waals surface area (Å²) in [6.07, 6.45) is 1.72. The Morgan fingerprint density at radius 2 is 1.85 bits per heavy atom. The van der Waals surface area contributed by atoms with Crippen molar-refractivity contribution in [1.82, 2.24) is 14.9 Å². The van der Waals surface area contributed by atoms with Crippen molar-refractivity contribution in [1.29, 1.82) is 0 Å². The molecule has 6 nitrogen and oxygen atoms in total. The third-order valence-electron chi connectivity index (χ3n) is 4.61. The molecule has 1 aliphatic heterocycles. The maximum absolute atomic E-state index is 12.5. The van der Waals surface area contributed by atoms with Gasteiger partial charge >= 0.3 is 0 Å². The van der Waals surface area contributed by atoms with E-state index in [-0.39, 0.29) is 5.91 Å². The van der Waals surface area contributed by atoms with Crippen LogP contribution in [0, 0.1) is 0 Å². The van der Waals surface area contributed by atoms with Crippen molar-refractivity contribution in [3.63, 3.8) is 0 Å². The highest BCUT2D eigenvalue weighted by Gasteiger charge is 2.15. The Balaban J connectivity index is 1.40. The highest BCUT2D eigenvalue weighted by molar-refractivity contribution is 7.13. The molecule has 0 radical (unpaired) electrons. The number of carbonyl (C=O) groups excluding carboxylic acids is 1. The first-order valence-electron chi connectivity index (χ1n) is 8.91. The third kappa shape index (κ3) is 4.15. The number of pyridine rings is 1. The average Bonchev–Trinajstić information content (AvgIpc) is 3.20. The maximum atomic E-state index is 12.5. The number of carbonyl (C=O) groups is 1. The first kappa shape index (κ1) is 17.6. The van der Waals surface area contributed by atoms with Crippen LogP contribution in [0.4, 0.5) is 11.4 Å². The lowest BCUT2D eigenvalue weighted by Gasteiger charge is -2.34. The van der Waals surface area contributed by atoms with Crippen LogP contribution in [0.25, 0.3) is 10.7 Å². The summed E-state index contributed by atoms with van der Waals surface area (Å²) in [5.41, 5.74) is 3.14. The summed E-state index contributed by atoms with van der Waals surface area (Å²) in [4.78, 5) is 25.9. The van der Waals surface area contributed by atoms with E-state index in [1.165, 1.54) is 17.0 Å². The van der Waals surface area contributed by atoms with Crippen LogP contribution in [0.1, 0.15) is 10.5 Å². The van der Waals surface area contributed by atoms with Gasteiger partial charge in [0.1, 0.15) is 10.7 Å². The van der Waals surface area contributed by atoms with Crippen LogP contribution in [0.3, 0.4) is 0 Å². The molecule has 4 rings (SSSR count). The number of anilines is 2. The van der Waals surface area contributed by atoms with Crippen LogP contribution in [0.5, 0.6) is 0 Å². The van der Waals surface area contributed by atoms with Crippen LogP contribution in [0.15, 0.2) is 54.0 Å². The van der Waals surface area contributed by atoms with Crippen molar-refractivity contribution in [2.45, 2.75) is 0 Å². The Hall–Kier alpha value is -2.77. The smallest absolute Gasteiger partial charge is 0.275 e. The molecule has 0 atom stereocenters. The molecule has 0 bridgehead atoms. The molecule has 1 amide bonds. The molecular weight excluding hydrogens is 358 g/mol. The first-order valence-corrected chi connectivity index (χ1v) is 9.79. The van der Waals surface area contributed by atoms with Gasteiger partial charge in [0.05, 0.1) is 5.69 Å². The number of nitrogens with one attached hydrogen (secondary N) is 1. The zero-order valence-electron chi connectivity index (χ0n) is 15.1. The number of amides is 1. The lowest BCUT2D eigenvalue weighted by Crippen LogP contribution is -2.44. The zero-order chi connectivity index (χ0) is 18.6. The highest BCUT2D eigenvalue weighted by Crippen LogP contribution is 2.23. The van der Waals surface area contributed by atoms with Gasteiger partial charge in [-0.1, -0.05) is 6.07 Å². The second-order valence-electron chi connectivity index (χ2n) is 6.54. The van der Waals surface area contributed by atoms with Crippen LogP contribution < -0.4 is 10.2 Å². The summed E-state index contributed by atoms with van der Waals surface area (Å²) in [7, 11) is 2.15. The predicted octanol–water partition coefficient (Wildman–Crippen LogP) is 3.21. The largest absolute Gasteiger partial charge is 0.369 e. The molecule has 1 saturated heterocycles. The van der Waals surface area contributed by atoms with Gasteiger partial charge in [0.2, 0.25) is 0 Å². The fourth-order valence-electron chi connectivity index (χ4n) is 3.00. The molecule has 27 heavy (non-hydrogen) atoms. The van der Waals surface area contributed by atoms with E-state index >= 15 is 0 Å². The highest BCUT2D eigenvalue weighted by atomic mass is 32.1. The molecule has 1 fully saturated rings. The van der Waals surface area contributed by atoms with Crippen LogP contribution >= 0.6 is 11.3 Å². The van der Waals surface area contributed by atoms with E-state index in [1.807, 2.05) is 30.3 Å². The van der Waals surface area contributed by atoms with E-state index in [1.54, 1.807) is 11.6 Å². The minimum Gasteiger partial charge on any atom is -0.369 e. The van der Waals surface area contributed by atoms with Crippen molar-refractivity contribution in [3.8, 4) is 10.7 Å². The topological polar surface area (TPSA) is 61.4 Å². The fourth-order valence-corrected chi connectivity index (χ4v) is 3.78. The fraction of sp³-hybridized carbons (Fsp3) is 0.250. The minimum atomic E-state index is -0.208. The van der Waals surface area contributed by atoms with Gasteiger partial charge in [0.15, 0.2) is 0 Å². The van der Waals surface area contributed by atoms with Gasteiger partial charge in [-0.25, -0.2) is 4.98 Å². The van der Waals surface area contributed by atoms with Crippen molar-refractivity contribution < 1.29 is 4.79 Å². The van der Waals surface area contributed by atoms with Gasteiger partial charge in [-0.05, 0) is 43.4 Å². The lowest BCUT2D eigenvalue weighted by atomic mass is 10.2. The van der Waals surface area contributed by atoms with Crippen molar-refractivity contribution >= 4 is 28.6 Å². The van der Waals surface area contributed by atoms with E-state index in [0.29, 0.717) is 5.69 Å². The number of piperazine rings is 1. The lowest BCUT2D eigenvalue weighted by molar-refractivity contribution is 0.102. The molecular formula is C20H21N5OS. The van der Waals surface area contributed by atoms with E-state index < -0.39 is 0 Å². The van der Waals surface area contributed by atoms with E-state index in [4.69, 9.17) is 0 Å². The van der Waals surface area contributed by atoms with Gasteiger partial charge < -0.3 is 15.1 Å². The summed E-state index contributed by atoms with van der Waals surface area (Å²) in [6.45, 7) is 4.19. The van der Waals surface area contributed by atoms with E-state index in [9.17, 15) is 4.79 Å². The Kier molecular flexibility index (Phi) is 5.13. The predicted molar refractivity (Wildman–Crippen MR) is 109 cm³/mol. The molecule has 3 aromatic rings. The molecule has 1 N–H and O–H groups in total. The number of hydrogen-bond donors (Lipinski definition) is 1. The number of likely N-dealkylation sites (N-methyl/N-ethyl adjacent to an activating group) is 1. The molecule has 0 aliphatic carbocycles. The van der Waals surface area contributed by atoms with Crippen molar-refractivity contribution in [2.24, 2.45) is 0 Å². The molecule has 1 aliphatic rings. The SMILES string of the molecule is CN1CCN(c2ccc(NC(=O)c3csc(-c4ccccn4)n3)cc2)CC1. The molecule has 0 unspecified atom stereocenters. The Morgan fingerprint density at radius 1 is 1.07 bits per heavy atom. The number of rotatable bonds is 4. The quantitative estimate of drug-likeness (QED) is 0.754. The monoisotopic (exact) mass is 379 g/mol. The molecule has 7 heteroatoms. The number of aromatic nitrogens is 2. The van der Waals surface area contributed by atoms with Gasteiger partial charge in [-0.2, -0.15) is 0 Å². The normalized spacial score (nSPS) is 14.9. The first-order chi connectivity index (χ1) is 13.2. The maximum Gasteiger partial charge on any atom is 0.275 e. The van der Waals surface area contributed by atoms with Crippen LogP contribution in [0.2, 0.25) is 0 Å². The van der Waals surface area contributed by atoms with Crippen molar-refractivity contribution in [2.75, 3.05) is 43.4 Å². The van der Waals surface area contributed by atoms with E-state index in [2.05, 4.69) is 44.3 Å². The number of hydrogen-bond acceptors (Lipinski definition) is 6. The third-order valence-corrected chi connectivity index (χ3v) is 5.48. The van der Waals surface area contributed by atoms with Gasteiger partial charge in [0.25, 0.3) is 5.91 Å². The minimum absolute atomic E-state index is 0.208. The van der Waals surface area contributed by atoms with E-state index in [0.717, 1.165) is 42.6 Å². The van der Waals surface area contributed by atoms with Crippen LogP contribution in [-0.2, 0) is 0 Å². The zero-order valence-corrected chi connectivity index (χ0v) is 15.9. The van der Waals surface area contributed by atoms with Gasteiger partial charge in [-0.3, -0.25) is 9.78 Å². The second kappa shape index (κ2) is 7.85. The summed E-state index contributed by atoms with van der Waals surface area (Å²) in [5.74, 6) is -0.208. The summed E-state index contributed by atoms with van der Waals surface area (Å²) in [6, 6.07) is 13.7. The average molecular weight is 379 g/mol. The molecule has 0 spiro atoms. The molecule has 3 heterocycles. The van der Waals surface area contributed by atoms with Crippen LogP contribution in [-0.4, -0.2) is 54.0 Å².